The average Bonchev–Trinajstić information content (AvgIpc) is 2.88. The Morgan fingerprint density at radius 2 is 1.92 bits per heavy atom. The lowest BCUT2D eigenvalue weighted by Crippen LogP contribution is -2.13. The molecule has 0 atom stereocenters. The van der Waals surface area contributed by atoms with Crippen LogP contribution in [0.4, 0.5) is 11.4 Å². The highest BCUT2D eigenvalue weighted by molar-refractivity contribution is 6.34. The van der Waals surface area contributed by atoms with Crippen LogP contribution in [-0.2, 0) is 17.8 Å². The number of non-ortho nitro benzene ring substituents is 1. The van der Waals surface area contributed by atoms with Crippen LogP contribution in [0.2, 0.25) is 5.02 Å². The number of rotatable bonds is 11. The molecule has 8 nitrogen and oxygen atoms in total. The molecule has 0 unspecified atom stereocenters. The minimum atomic E-state index is -0.600. The number of nitro benzene ring substituents is 1. The summed E-state index contributed by atoms with van der Waals surface area (Å²) in [5, 5.41) is 23.5. The molecule has 0 aromatic heterocycles. The molecule has 0 bridgehead atoms. The van der Waals surface area contributed by atoms with Crippen LogP contribution < -0.4 is 14.8 Å². The molecule has 3 rings (SSSR count). The summed E-state index contributed by atoms with van der Waals surface area (Å²) in [6.45, 7) is 6.14. The van der Waals surface area contributed by atoms with Gasteiger partial charge in [0.25, 0.3) is 11.6 Å². The molecule has 1 amide bonds. The highest BCUT2D eigenvalue weighted by Gasteiger charge is 2.16. The summed E-state index contributed by atoms with van der Waals surface area (Å²) in [6.07, 6.45) is 3.60. The van der Waals surface area contributed by atoms with Crippen molar-refractivity contribution in [3.8, 4) is 17.6 Å². The van der Waals surface area contributed by atoms with Crippen LogP contribution in [0.15, 0.2) is 78.9 Å². The Morgan fingerprint density at radius 1 is 1.19 bits per heavy atom. The number of para-hydroxylation sites is 1. The number of ether oxygens (including phenoxy) is 2. The maximum Gasteiger partial charge on any atom is 0.269 e. The first kappa shape index (κ1) is 27.0. The molecule has 0 aliphatic rings. The summed E-state index contributed by atoms with van der Waals surface area (Å²) in [6, 6.07) is 18.2. The van der Waals surface area contributed by atoms with Gasteiger partial charge in [-0.15, -0.1) is 6.58 Å². The van der Waals surface area contributed by atoms with E-state index < -0.39 is 10.8 Å². The maximum atomic E-state index is 12.7. The predicted molar refractivity (Wildman–Crippen MR) is 143 cm³/mol. The van der Waals surface area contributed by atoms with Gasteiger partial charge < -0.3 is 14.8 Å². The Bertz CT molecular complexity index is 1380. The Kier molecular flexibility index (Phi) is 9.41. The molecule has 0 fully saturated rings. The summed E-state index contributed by atoms with van der Waals surface area (Å²) in [5.74, 6) is 0.312. The van der Waals surface area contributed by atoms with Crippen molar-refractivity contribution in [3.05, 3.63) is 111 Å². The Morgan fingerprint density at radius 3 is 2.54 bits per heavy atom. The van der Waals surface area contributed by atoms with Crippen LogP contribution in [-0.4, -0.2) is 17.4 Å². The molecule has 188 valence electrons. The Balaban J connectivity index is 1.91. The summed E-state index contributed by atoms with van der Waals surface area (Å²) < 4.78 is 11.9. The van der Waals surface area contributed by atoms with Crippen molar-refractivity contribution < 1.29 is 19.2 Å². The van der Waals surface area contributed by atoms with E-state index in [1.165, 1.54) is 18.2 Å². The second kappa shape index (κ2) is 12.9. The molecule has 0 radical (unpaired) electrons. The summed E-state index contributed by atoms with van der Waals surface area (Å²) in [4.78, 5) is 23.2. The zero-order valence-electron chi connectivity index (χ0n) is 20.1. The topological polar surface area (TPSA) is 114 Å². The van der Waals surface area contributed by atoms with Gasteiger partial charge >= 0.3 is 0 Å². The summed E-state index contributed by atoms with van der Waals surface area (Å²) in [7, 11) is 0. The number of carbonyl (C=O) groups is 1. The number of carbonyl (C=O) groups excluding carboxylic acids is 1. The number of allylic oxidation sites excluding steroid dienone is 1. The van der Waals surface area contributed by atoms with Gasteiger partial charge in [-0.1, -0.05) is 29.8 Å². The Labute approximate surface area is 219 Å². The second-order valence-electron chi connectivity index (χ2n) is 7.75. The van der Waals surface area contributed by atoms with Gasteiger partial charge in [0.2, 0.25) is 0 Å². The fourth-order valence-electron chi connectivity index (χ4n) is 3.44. The number of benzene rings is 3. The van der Waals surface area contributed by atoms with E-state index in [0.717, 1.165) is 11.1 Å². The molecular formula is C28H24ClN3O5. The highest BCUT2D eigenvalue weighted by atomic mass is 35.5. The first-order valence-corrected chi connectivity index (χ1v) is 11.7. The molecule has 0 aliphatic carbocycles. The molecule has 1 N–H and O–H groups in total. The third kappa shape index (κ3) is 7.19. The monoisotopic (exact) mass is 517 g/mol. The quantitative estimate of drug-likeness (QED) is 0.102. The van der Waals surface area contributed by atoms with Crippen molar-refractivity contribution >= 4 is 35.0 Å². The predicted octanol–water partition coefficient (Wildman–Crippen LogP) is 6.50. The third-order valence-electron chi connectivity index (χ3n) is 5.15. The number of hydrogen-bond acceptors (Lipinski definition) is 6. The molecule has 3 aromatic rings. The van der Waals surface area contributed by atoms with Crippen LogP contribution in [0.3, 0.4) is 0 Å². The number of anilines is 1. The van der Waals surface area contributed by atoms with E-state index in [1.807, 2.05) is 13.0 Å². The summed E-state index contributed by atoms with van der Waals surface area (Å²) in [5.41, 5.74) is 2.31. The van der Waals surface area contributed by atoms with Crippen LogP contribution in [0.5, 0.6) is 11.5 Å². The van der Waals surface area contributed by atoms with Gasteiger partial charge in [0.05, 0.1) is 22.2 Å². The van der Waals surface area contributed by atoms with Gasteiger partial charge in [-0.3, -0.25) is 14.9 Å². The lowest BCUT2D eigenvalue weighted by Gasteiger charge is -2.17. The first-order chi connectivity index (χ1) is 17.9. The number of amides is 1. The standard InChI is InChI=1S/C28H24ClN3O5/c1-3-7-21-14-20(15-22(17-30)28(33)31-25-9-6-5-8-24(25)29)16-26(36-4-2)27(21)37-18-19-10-12-23(13-11-19)32(34)35/h3,5-6,8-16H,1,4,7,18H2,2H3,(H,31,33)/b22-15+. The molecule has 0 saturated heterocycles. The molecule has 9 heteroatoms. The van der Waals surface area contributed by atoms with Crippen LogP contribution in [0.25, 0.3) is 6.08 Å². The zero-order chi connectivity index (χ0) is 26.8. The first-order valence-electron chi connectivity index (χ1n) is 11.3. The lowest BCUT2D eigenvalue weighted by molar-refractivity contribution is -0.384. The van der Waals surface area contributed by atoms with Gasteiger partial charge in [0, 0.05) is 17.7 Å². The minimum absolute atomic E-state index is 0.00545. The summed E-state index contributed by atoms with van der Waals surface area (Å²) >= 11 is 6.11. The van der Waals surface area contributed by atoms with Crippen LogP contribution in [0.1, 0.15) is 23.6 Å². The van der Waals surface area contributed by atoms with E-state index in [1.54, 1.807) is 54.6 Å². The zero-order valence-corrected chi connectivity index (χ0v) is 20.8. The van der Waals surface area contributed by atoms with Gasteiger partial charge in [-0.05, 0) is 66.9 Å². The minimum Gasteiger partial charge on any atom is -0.490 e. The molecular weight excluding hydrogens is 494 g/mol. The fraction of sp³-hybridized carbons (Fsp3) is 0.143. The van der Waals surface area contributed by atoms with Crippen molar-refractivity contribution in [1.82, 2.24) is 0 Å². The van der Waals surface area contributed by atoms with Crippen molar-refractivity contribution in [2.45, 2.75) is 20.0 Å². The number of nitriles is 1. The van der Waals surface area contributed by atoms with Crippen molar-refractivity contribution in [2.75, 3.05) is 11.9 Å². The van der Waals surface area contributed by atoms with E-state index in [4.69, 9.17) is 21.1 Å². The number of hydrogen-bond donors (Lipinski definition) is 1. The number of nitrogens with one attached hydrogen (secondary N) is 1. The average molecular weight is 518 g/mol. The van der Waals surface area contributed by atoms with E-state index >= 15 is 0 Å². The van der Waals surface area contributed by atoms with Crippen molar-refractivity contribution in [1.29, 1.82) is 5.26 Å². The van der Waals surface area contributed by atoms with E-state index in [2.05, 4.69) is 11.9 Å². The van der Waals surface area contributed by atoms with Crippen molar-refractivity contribution in [3.63, 3.8) is 0 Å². The van der Waals surface area contributed by atoms with E-state index in [0.29, 0.717) is 40.8 Å². The van der Waals surface area contributed by atoms with Gasteiger partial charge in [0.1, 0.15) is 18.2 Å². The number of halogens is 1. The second-order valence-corrected chi connectivity index (χ2v) is 8.16. The van der Waals surface area contributed by atoms with E-state index in [-0.39, 0.29) is 17.9 Å². The largest absolute Gasteiger partial charge is 0.490 e. The van der Waals surface area contributed by atoms with Crippen LogP contribution in [0, 0.1) is 21.4 Å². The van der Waals surface area contributed by atoms with Gasteiger partial charge in [-0.2, -0.15) is 5.26 Å². The highest BCUT2D eigenvalue weighted by Crippen LogP contribution is 2.35. The van der Waals surface area contributed by atoms with Gasteiger partial charge in [0.15, 0.2) is 11.5 Å². The third-order valence-corrected chi connectivity index (χ3v) is 5.48. The number of nitro groups is 1. The van der Waals surface area contributed by atoms with E-state index in [9.17, 15) is 20.2 Å². The van der Waals surface area contributed by atoms with Crippen molar-refractivity contribution in [2.24, 2.45) is 0 Å². The SMILES string of the molecule is C=CCc1cc(/C=C(\C#N)C(=O)Nc2ccccc2Cl)cc(OCC)c1OCc1ccc([N+](=O)[O-])cc1. The molecule has 0 heterocycles. The maximum absolute atomic E-state index is 12.7. The molecule has 0 aliphatic heterocycles. The normalized spacial score (nSPS) is 10.8. The smallest absolute Gasteiger partial charge is 0.269 e. The lowest BCUT2D eigenvalue weighted by atomic mass is 10.0. The Hall–Kier alpha value is -4.61. The molecule has 0 spiro atoms. The molecule has 3 aromatic carbocycles. The number of nitrogens with zero attached hydrogens (tertiary/aromatic N) is 2. The van der Waals surface area contributed by atoms with Gasteiger partial charge in [-0.25, -0.2) is 0 Å². The molecule has 37 heavy (non-hydrogen) atoms. The van der Waals surface area contributed by atoms with Crippen LogP contribution >= 0.6 is 11.6 Å². The molecule has 0 saturated carbocycles. The fourth-order valence-corrected chi connectivity index (χ4v) is 3.62.